The summed E-state index contributed by atoms with van der Waals surface area (Å²) < 4.78 is 5.45. The van der Waals surface area contributed by atoms with E-state index in [9.17, 15) is 5.11 Å². The smallest absolute Gasteiger partial charge is 0.0955 e. The molecule has 3 atom stereocenters. The molecule has 3 nitrogen and oxygen atoms in total. The highest BCUT2D eigenvalue weighted by Gasteiger charge is 2.34. The Kier molecular flexibility index (Phi) is 5.46. The van der Waals surface area contributed by atoms with Gasteiger partial charge in [-0.15, -0.1) is 0 Å². The van der Waals surface area contributed by atoms with Crippen LogP contribution >= 0.6 is 0 Å². The van der Waals surface area contributed by atoms with Crippen LogP contribution in [0.15, 0.2) is 0 Å². The molecule has 2 aliphatic rings. The number of nitrogens with one attached hydrogen (secondary N) is 1. The molecule has 2 rings (SSSR count). The Balaban J connectivity index is 1.86. The predicted molar refractivity (Wildman–Crippen MR) is 73.6 cm³/mol. The predicted octanol–water partition coefficient (Wildman–Crippen LogP) is 2.47. The van der Waals surface area contributed by atoms with Gasteiger partial charge in [0, 0.05) is 18.7 Å². The van der Waals surface area contributed by atoms with E-state index < -0.39 is 0 Å². The fraction of sp³-hybridized carbons (Fsp3) is 1.00. The molecule has 0 bridgehead atoms. The molecular weight excluding hydrogens is 226 g/mol. The maximum absolute atomic E-state index is 10.4. The van der Waals surface area contributed by atoms with Crippen LogP contribution in [0, 0.1) is 5.92 Å². The van der Waals surface area contributed by atoms with E-state index in [0.717, 1.165) is 25.4 Å². The molecule has 3 unspecified atom stereocenters. The highest BCUT2D eigenvalue weighted by Crippen LogP contribution is 2.29. The number of rotatable bonds is 6. The summed E-state index contributed by atoms with van der Waals surface area (Å²) in [6.07, 6.45) is 8.69. The minimum atomic E-state index is -0.330. The Morgan fingerprint density at radius 3 is 2.33 bits per heavy atom. The van der Waals surface area contributed by atoms with Crippen LogP contribution in [0.25, 0.3) is 0 Å². The van der Waals surface area contributed by atoms with Crippen molar-refractivity contribution >= 4 is 0 Å². The molecule has 1 saturated carbocycles. The van der Waals surface area contributed by atoms with Gasteiger partial charge in [-0.1, -0.05) is 46.0 Å². The number of aliphatic hydroxyl groups excluding tert-OH is 1. The summed E-state index contributed by atoms with van der Waals surface area (Å²) in [5.74, 6) is 0.796. The highest BCUT2D eigenvalue weighted by atomic mass is 16.5. The van der Waals surface area contributed by atoms with Gasteiger partial charge in [0.25, 0.3) is 0 Å². The lowest BCUT2D eigenvalue weighted by molar-refractivity contribution is -0.128. The van der Waals surface area contributed by atoms with Gasteiger partial charge in [0.1, 0.15) is 0 Å². The van der Waals surface area contributed by atoms with E-state index in [1.54, 1.807) is 0 Å². The highest BCUT2D eigenvalue weighted by molar-refractivity contribution is 4.88. The lowest BCUT2D eigenvalue weighted by Gasteiger charge is -2.38. The molecule has 3 heteroatoms. The molecule has 0 radical (unpaired) electrons. The first kappa shape index (κ1) is 14.3. The van der Waals surface area contributed by atoms with Crippen molar-refractivity contribution in [3.05, 3.63) is 0 Å². The first-order valence-corrected chi connectivity index (χ1v) is 7.72. The monoisotopic (exact) mass is 255 g/mol. The molecule has 2 fully saturated rings. The van der Waals surface area contributed by atoms with Crippen LogP contribution in [0.1, 0.15) is 58.8 Å². The van der Waals surface area contributed by atoms with Gasteiger partial charge in [0.15, 0.2) is 0 Å². The van der Waals surface area contributed by atoms with Crippen LogP contribution in [0.2, 0.25) is 0 Å². The van der Waals surface area contributed by atoms with Gasteiger partial charge < -0.3 is 15.2 Å². The van der Waals surface area contributed by atoms with Crippen molar-refractivity contribution in [1.29, 1.82) is 0 Å². The van der Waals surface area contributed by atoms with Crippen LogP contribution < -0.4 is 5.32 Å². The number of ether oxygens (including phenoxy) is 1. The molecule has 1 heterocycles. The largest absolute Gasteiger partial charge is 0.389 e. The topological polar surface area (TPSA) is 41.5 Å². The Bertz CT molecular complexity index is 235. The van der Waals surface area contributed by atoms with Crippen molar-refractivity contribution in [2.45, 2.75) is 83.1 Å². The second-order valence-corrected chi connectivity index (χ2v) is 6.36. The maximum atomic E-state index is 10.4. The second-order valence-electron chi connectivity index (χ2n) is 6.36. The standard InChI is InChI=1S/C15H29NO2/c1-11(2)16-13(15(17)14-8-9-18-14)10-12-6-4-3-5-7-12/h11-17H,3-10H2,1-2H3. The summed E-state index contributed by atoms with van der Waals surface area (Å²) in [6, 6.07) is 0.631. The molecular formula is C15H29NO2. The van der Waals surface area contributed by atoms with Crippen LogP contribution in [-0.4, -0.2) is 36.0 Å². The zero-order chi connectivity index (χ0) is 13.0. The van der Waals surface area contributed by atoms with E-state index in [-0.39, 0.29) is 18.2 Å². The van der Waals surface area contributed by atoms with Gasteiger partial charge in [-0.25, -0.2) is 0 Å². The average Bonchev–Trinajstić information content (AvgIpc) is 2.26. The van der Waals surface area contributed by atoms with Gasteiger partial charge >= 0.3 is 0 Å². The van der Waals surface area contributed by atoms with Crippen LogP contribution in [0.5, 0.6) is 0 Å². The summed E-state index contributed by atoms with van der Waals surface area (Å²) in [5.41, 5.74) is 0. The third-order valence-electron chi connectivity index (χ3n) is 4.39. The van der Waals surface area contributed by atoms with Crippen molar-refractivity contribution < 1.29 is 9.84 Å². The third kappa shape index (κ3) is 3.94. The molecule has 1 saturated heterocycles. The minimum absolute atomic E-state index is 0.0739. The fourth-order valence-electron chi connectivity index (χ4n) is 3.30. The normalized spacial score (nSPS) is 29.0. The second kappa shape index (κ2) is 6.88. The Labute approximate surface area is 111 Å². The van der Waals surface area contributed by atoms with Gasteiger partial charge in [-0.2, -0.15) is 0 Å². The first-order valence-electron chi connectivity index (χ1n) is 7.72. The van der Waals surface area contributed by atoms with Crippen molar-refractivity contribution in [2.75, 3.05) is 6.61 Å². The molecule has 18 heavy (non-hydrogen) atoms. The zero-order valence-electron chi connectivity index (χ0n) is 11.9. The molecule has 0 aromatic rings. The molecule has 2 N–H and O–H groups in total. The van der Waals surface area contributed by atoms with Crippen molar-refractivity contribution in [3.8, 4) is 0 Å². The molecule has 106 valence electrons. The minimum Gasteiger partial charge on any atom is -0.389 e. The summed E-state index contributed by atoms with van der Waals surface area (Å²) in [7, 11) is 0. The number of hydrogen-bond donors (Lipinski definition) is 2. The summed E-state index contributed by atoms with van der Waals surface area (Å²) in [4.78, 5) is 0. The van der Waals surface area contributed by atoms with E-state index in [0.29, 0.717) is 6.04 Å². The molecule has 0 aromatic heterocycles. The van der Waals surface area contributed by atoms with Crippen LogP contribution in [-0.2, 0) is 4.74 Å². The SMILES string of the molecule is CC(C)NC(CC1CCCCC1)C(O)C1CCO1. The van der Waals surface area contributed by atoms with Crippen molar-refractivity contribution in [1.82, 2.24) is 5.32 Å². The molecule has 0 spiro atoms. The first-order chi connectivity index (χ1) is 8.66. The average molecular weight is 255 g/mol. The third-order valence-corrected chi connectivity index (χ3v) is 4.39. The number of aliphatic hydroxyl groups is 1. The molecule has 1 aliphatic carbocycles. The fourth-order valence-corrected chi connectivity index (χ4v) is 3.30. The maximum Gasteiger partial charge on any atom is 0.0955 e. The van der Waals surface area contributed by atoms with E-state index in [1.807, 2.05) is 0 Å². The number of hydrogen-bond acceptors (Lipinski definition) is 3. The van der Waals surface area contributed by atoms with Gasteiger partial charge in [-0.05, 0) is 18.8 Å². The van der Waals surface area contributed by atoms with Crippen molar-refractivity contribution in [3.63, 3.8) is 0 Å². The summed E-state index contributed by atoms with van der Waals surface area (Å²) in [5, 5.41) is 14.0. The molecule has 0 aromatic carbocycles. The van der Waals surface area contributed by atoms with Crippen molar-refractivity contribution in [2.24, 2.45) is 5.92 Å². The lowest BCUT2D eigenvalue weighted by Crippen LogP contribution is -2.53. The Morgan fingerprint density at radius 1 is 1.17 bits per heavy atom. The lowest BCUT2D eigenvalue weighted by atomic mass is 9.82. The van der Waals surface area contributed by atoms with Crippen LogP contribution in [0.4, 0.5) is 0 Å². The van der Waals surface area contributed by atoms with E-state index in [1.165, 1.54) is 32.1 Å². The molecule has 0 amide bonds. The molecule has 1 aliphatic heterocycles. The van der Waals surface area contributed by atoms with Gasteiger partial charge in [0.05, 0.1) is 12.2 Å². The van der Waals surface area contributed by atoms with Gasteiger partial charge in [0.2, 0.25) is 0 Å². The zero-order valence-corrected chi connectivity index (χ0v) is 11.9. The summed E-state index contributed by atoms with van der Waals surface area (Å²) in [6.45, 7) is 5.13. The van der Waals surface area contributed by atoms with Gasteiger partial charge in [-0.3, -0.25) is 0 Å². The Hall–Kier alpha value is -0.120. The Morgan fingerprint density at radius 2 is 1.83 bits per heavy atom. The quantitative estimate of drug-likeness (QED) is 0.766. The van der Waals surface area contributed by atoms with Crippen LogP contribution in [0.3, 0.4) is 0 Å². The van der Waals surface area contributed by atoms with E-state index in [4.69, 9.17) is 4.74 Å². The van der Waals surface area contributed by atoms with E-state index in [2.05, 4.69) is 19.2 Å². The summed E-state index contributed by atoms with van der Waals surface area (Å²) >= 11 is 0. The van der Waals surface area contributed by atoms with E-state index >= 15 is 0 Å².